The molecule has 1 aromatic heterocycles. The van der Waals surface area contributed by atoms with E-state index in [1.807, 2.05) is 0 Å². The van der Waals surface area contributed by atoms with Gasteiger partial charge in [0.25, 0.3) is 0 Å². The van der Waals surface area contributed by atoms with E-state index in [4.69, 9.17) is 0 Å². The minimum atomic E-state index is 0.339. The van der Waals surface area contributed by atoms with Gasteiger partial charge in [-0.15, -0.1) is 11.3 Å². The third kappa shape index (κ3) is 3.56. The lowest BCUT2D eigenvalue weighted by atomic mass is 9.88. The Labute approximate surface area is 121 Å². The number of likely N-dealkylation sites (N-methyl/N-ethyl adjacent to an activating group) is 1. The van der Waals surface area contributed by atoms with Crippen molar-refractivity contribution in [3.8, 4) is 0 Å². The van der Waals surface area contributed by atoms with Crippen molar-refractivity contribution in [2.75, 3.05) is 33.7 Å². The van der Waals surface area contributed by atoms with Gasteiger partial charge in [-0.2, -0.15) is 0 Å². The Morgan fingerprint density at radius 3 is 2.79 bits per heavy atom. The van der Waals surface area contributed by atoms with Crippen molar-refractivity contribution >= 4 is 11.3 Å². The van der Waals surface area contributed by atoms with Crippen LogP contribution < -0.4 is 0 Å². The first-order valence-corrected chi connectivity index (χ1v) is 8.08. The zero-order chi connectivity index (χ0) is 14.0. The summed E-state index contributed by atoms with van der Waals surface area (Å²) in [6.45, 7) is 10.4. The second kappa shape index (κ2) is 5.90. The standard InChI is InChI=1S/C15H27N3S/c1-12-16-14(11-19-12)7-8-17(4)10-13-6-9-18(5)15(13,2)3/h11,13H,6-10H2,1-5H3. The third-order valence-electron chi connectivity index (χ3n) is 4.74. The van der Waals surface area contributed by atoms with Gasteiger partial charge in [0.1, 0.15) is 0 Å². The number of aryl methyl sites for hydroxylation is 1. The second-order valence-corrected chi connectivity index (χ2v) is 7.49. The fourth-order valence-corrected chi connectivity index (χ4v) is 3.56. The highest BCUT2D eigenvalue weighted by Gasteiger charge is 2.39. The molecule has 0 radical (unpaired) electrons. The van der Waals surface area contributed by atoms with Crippen molar-refractivity contribution in [2.24, 2.45) is 5.92 Å². The van der Waals surface area contributed by atoms with Gasteiger partial charge in [0.2, 0.25) is 0 Å². The van der Waals surface area contributed by atoms with E-state index in [2.05, 4.69) is 55.0 Å². The van der Waals surface area contributed by atoms with E-state index in [1.165, 1.54) is 30.2 Å². The SMILES string of the molecule is Cc1nc(CCN(C)CC2CCN(C)C2(C)C)cs1. The predicted molar refractivity (Wildman–Crippen MR) is 82.9 cm³/mol. The average Bonchev–Trinajstić information content (AvgIpc) is 2.86. The van der Waals surface area contributed by atoms with Crippen LogP contribution in [0, 0.1) is 12.8 Å². The highest BCUT2D eigenvalue weighted by molar-refractivity contribution is 7.09. The molecule has 4 heteroatoms. The second-order valence-electron chi connectivity index (χ2n) is 6.43. The van der Waals surface area contributed by atoms with E-state index in [9.17, 15) is 0 Å². The molecule has 2 rings (SSSR count). The number of hydrogen-bond acceptors (Lipinski definition) is 4. The molecule has 1 aliphatic heterocycles. The summed E-state index contributed by atoms with van der Waals surface area (Å²) in [5.74, 6) is 0.777. The number of rotatable bonds is 5. The molecule has 2 heterocycles. The molecule has 19 heavy (non-hydrogen) atoms. The Balaban J connectivity index is 1.80. The van der Waals surface area contributed by atoms with Crippen molar-refractivity contribution < 1.29 is 0 Å². The molecule has 1 atom stereocenters. The molecule has 0 bridgehead atoms. The van der Waals surface area contributed by atoms with Crippen molar-refractivity contribution in [3.05, 3.63) is 16.1 Å². The Bertz CT molecular complexity index is 413. The molecule has 0 N–H and O–H groups in total. The highest BCUT2D eigenvalue weighted by atomic mass is 32.1. The first kappa shape index (κ1) is 14.9. The van der Waals surface area contributed by atoms with Crippen LogP contribution in [0.2, 0.25) is 0 Å². The summed E-state index contributed by atoms with van der Waals surface area (Å²) in [5.41, 5.74) is 1.59. The van der Waals surface area contributed by atoms with Crippen LogP contribution in [0.3, 0.4) is 0 Å². The summed E-state index contributed by atoms with van der Waals surface area (Å²) in [6, 6.07) is 0. The van der Waals surface area contributed by atoms with Crippen molar-refractivity contribution in [3.63, 3.8) is 0 Å². The van der Waals surface area contributed by atoms with Gasteiger partial charge in [0.15, 0.2) is 0 Å². The molecule has 1 aromatic rings. The molecular weight excluding hydrogens is 254 g/mol. The lowest BCUT2D eigenvalue weighted by Crippen LogP contribution is -2.43. The maximum atomic E-state index is 4.54. The quantitative estimate of drug-likeness (QED) is 0.827. The third-order valence-corrected chi connectivity index (χ3v) is 5.57. The summed E-state index contributed by atoms with van der Waals surface area (Å²) in [7, 11) is 4.49. The highest BCUT2D eigenvalue weighted by Crippen LogP contribution is 2.33. The minimum absolute atomic E-state index is 0.339. The normalized spacial score (nSPS) is 23.4. The largest absolute Gasteiger partial charge is 0.306 e. The van der Waals surface area contributed by atoms with Gasteiger partial charge in [0.05, 0.1) is 10.7 Å². The van der Waals surface area contributed by atoms with Crippen LogP contribution in [0.5, 0.6) is 0 Å². The van der Waals surface area contributed by atoms with Crippen LogP contribution in [0.15, 0.2) is 5.38 Å². The maximum Gasteiger partial charge on any atom is 0.0897 e. The molecule has 1 unspecified atom stereocenters. The topological polar surface area (TPSA) is 19.4 Å². The summed E-state index contributed by atoms with van der Waals surface area (Å²) in [4.78, 5) is 9.51. The lowest BCUT2D eigenvalue weighted by molar-refractivity contribution is 0.143. The van der Waals surface area contributed by atoms with Gasteiger partial charge in [-0.25, -0.2) is 4.98 Å². The number of likely N-dealkylation sites (tertiary alicyclic amines) is 1. The predicted octanol–water partition coefficient (Wildman–Crippen LogP) is 2.66. The molecule has 0 aromatic carbocycles. The summed E-state index contributed by atoms with van der Waals surface area (Å²) in [6.07, 6.45) is 2.40. The summed E-state index contributed by atoms with van der Waals surface area (Å²) in [5, 5.41) is 3.37. The minimum Gasteiger partial charge on any atom is -0.306 e. The molecule has 1 saturated heterocycles. The van der Waals surface area contributed by atoms with Gasteiger partial charge in [-0.3, -0.25) is 0 Å². The Kier molecular flexibility index (Phi) is 4.64. The van der Waals surface area contributed by atoms with E-state index in [0.717, 1.165) is 18.9 Å². The summed E-state index contributed by atoms with van der Waals surface area (Å²) >= 11 is 1.75. The van der Waals surface area contributed by atoms with Crippen molar-refractivity contribution in [1.29, 1.82) is 0 Å². The molecule has 3 nitrogen and oxygen atoms in total. The molecule has 1 aliphatic rings. The van der Waals surface area contributed by atoms with E-state index < -0.39 is 0 Å². The van der Waals surface area contributed by atoms with E-state index >= 15 is 0 Å². The zero-order valence-corrected chi connectivity index (χ0v) is 13.8. The summed E-state index contributed by atoms with van der Waals surface area (Å²) < 4.78 is 0. The van der Waals surface area contributed by atoms with Crippen LogP contribution in [-0.4, -0.2) is 54.1 Å². The molecule has 0 aliphatic carbocycles. The number of aromatic nitrogens is 1. The smallest absolute Gasteiger partial charge is 0.0897 e. The fraction of sp³-hybridized carbons (Fsp3) is 0.800. The van der Waals surface area contributed by atoms with Gasteiger partial charge in [0, 0.05) is 30.4 Å². The van der Waals surface area contributed by atoms with Crippen molar-refractivity contribution in [2.45, 2.75) is 39.2 Å². The molecule has 108 valence electrons. The van der Waals surface area contributed by atoms with E-state index in [0.29, 0.717) is 5.54 Å². The van der Waals surface area contributed by atoms with Gasteiger partial charge >= 0.3 is 0 Å². The van der Waals surface area contributed by atoms with Gasteiger partial charge < -0.3 is 9.80 Å². The van der Waals surface area contributed by atoms with Crippen LogP contribution in [0.25, 0.3) is 0 Å². The molecule has 0 amide bonds. The molecule has 0 spiro atoms. The van der Waals surface area contributed by atoms with E-state index in [-0.39, 0.29) is 0 Å². The van der Waals surface area contributed by atoms with Crippen LogP contribution in [0.4, 0.5) is 0 Å². The molecule has 0 saturated carbocycles. The van der Waals surface area contributed by atoms with Gasteiger partial charge in [-0.05, 0) is 53.8 Å². The monoisotopic (exact) mass is 281 g/mol. The number of nitrogens with zero attached hydrogens (tertiary/aromatic N) is 3. The lowest BCUT2D eigenvalue weighted by Gasteiger charge is -2.35. The van der Waals surface area contributed by atoms with Gasteiger partial charge in [-0.1, -0.05) is 0 Å². The van der Waals surface area contributed by atoms with Crippen molar-refractivity contribution in [1.82, 2.24) is 14.8 Å². The average molecular weight is 281 g/mol. The number of hydrogen-bond donors (Lipinski definition) is 0. The first-order valence-electron chi connectivity index (χ1n) is 7.20. The van der Waals surface area contributed by atoms with Crippen LogP contribution in [-0.2, 0) is 6.42 Å². The van der Waals surface area contributed by atoms with Crippen LogP contribution in [0.1, 0.15) is 31.0 Å². The van der Waals surface area contributed by atoms with Crippen LogP contribution >= 0.6 is 11.3 Å². The zero-order valence-electron chi connectivity index (χ0n) is 12.9. The van der Waals surface area contributed by atoms with E-state index in [1.54, 1.807) is 11.3 Å². The maximum absolute atomic E-state index is 4.54. The molecule has 1 fully saturated rings. The number of thiazole rings is 1. The first-order chi connectivity index (χ1) is 8.89. The Morgan fingerprint density at radius 1 is 1.53 bits per heavy atom. The molecular formula is C15H27N3S. The Morgan fingerprint density at radius 2 is 2.26 bits per heavy atom. The fourth-order valence-electron chi connectivity index (χ4n) is 2.91. The Hall–Kier alpha value is -0.450.